The second kappa shape index (κ2) is 8.14. The van der Waals surface area contributed by atoms with E-state index in [0.717, 1.165) is 30.6 Å². The number of carboxylic acids is 1. The number of rotatable bonds is 4. The van der Waals surface area contributed by atoms with Crippen LogP contribution in [0.25, 0.3) is 0 Å². The van der Waals surface area contributed by atoms with E-state index < -0.39 is 5.97 Å². The van der Waals surface area contributed by atoms with E-state index in [1.807, 2.05) is 0 Å². The Morgan fingerprint density at radius 1 is 0.947 bits per heavy atom. The first-order chi connectivity index (χ1) is 8.70. The van der Waals surface area contributed by atoms with Gasteiger partial charge in [0.2, 0.25) is 0 Å². The third kappa shape index (κ3) is 4.66. The van der Waals surface area contributed by atoms with Gasteiger partial charge in [-0.15, -0.1) is 12.4 Å². The highest BCUT2D eigenvalue weighted by atomic mass is 35.5. The molecule has 3 heteroatoms. The van der Waals surface area contributed by atoms with Crippen LogP contribution in [0.4, 0.5) is 0 Å². The molecule has 2 aliphatic rings. The molecule has 0 aromatic carbocycles. The van der Waals surface area contributed by atoms with Gasteiger partial charge in [-0.1, -0.05) is 32.6 Å². The van der Waals surface area contributed by atoms with E-state index in [2.05, 4.69) is 6.92 Å². The zero-order chi connectivity index (χ0) is 13.0. The molecular weight excluding hydrogens is 260 g/mol. The van der Waals surface area contributed by atoms with Crippen LogP contribution in [0.5, 0.6) is 0 Å². The number of hydrogen-bond donors (Lipinski definition) is 1. The highest BCUT2D eigenvalue weighted by molar-refractivity contribution is 5.85. The van der Waals surface area contributed by atoms with Gasteiger partial charge in [-0.2, -0.15) is 0 Å². The average Bonchev–Trinajstić information content (AvgIpc) is 2.40. The zero-order valence-electron chi connectivity index (χ0n) is 12.1. The summed E-state index contributed by atoms with van der Waals surface area (Å²) < 4.78 is 0. The van der Waals surface area contributed by atoms with Crippen LogP contribution >= 0.6 is 12.4 Å². The molecule has 2 nitrogen and oxygen atoms in total. The summed E-state index contributed by atoms with van der Waals surface area (Å²) in [5, 5.41) is 9.03. The van der Waals surface area contributed by atoms with E-state index in [9.17, 15) is 4.79 Å². The van der Waals surface area contributed by atoms with Crippen LogP contribution in [-0.2, 0) is 4.79 Å². The van der Waals surface area contributed by atoms with Gasteiger partial charge in [-0.25, -0.2) is 0 Å². The number of aliphatic carboxylic acids is 1. The number of carboxylic acid groups (broad SMARTS) is 1. The van der Waals surface area contributed by atoms with Crippen LogP contribution in [-0.4, -0.2) is 11.1 Å². The van der Waals surface area contributed by atoms with E-state index in [1.54, 1.807) is 0 Å². The summed E-state index contributed by atoms with van der Waals surface area (Å²) >= 11 is 0. The molecule has 0 spiro atoms. The van der Waals surface area contributed by atoms with Gasteiger partial charge in [0.05, 0.1) is 5.92 Å². The van der Waals surface area contributed by atoms with Crippen molar-refractivity contribution in [2.45, 2.75) is 71.1 Å². The van der Waals surface area contributed by atoms with Crippen molar-refractivity contribution in [3.8, 4) is 0 Å². The Balaban J connectivity index is 0.00000180. The molecule has 19 heavy (non-hydrogen) atoms. The van der Waals surface area contributed by atoms with Gasteiger partial charge >= 0.3 is 5.97 Å². The van der Waals surface area contributed by atoms with Gasteiger partial charge in [0.15, 0.2) is 0 Å². The number of halogens is 1. The lowest BCUT2D eigenvalue weighted by Gasteiger charge is -2.37. The number of carbonyl (C=O) groups is 1. The lowest BCUT2D eigenvalue weighted by Crippen LogP contribution is -2.28. The largest absolute Gasteiger partial charge is 0.481 e. The maximum Gasteiger partial charge on any atom is 0.306 e. The van der Waals surface area contributed by atoms with Gasteiger partial charge in [-0.05, 0) is 56.3 Å². The first-order valence-corrected chi connectivity index (χ1v) is 7.93. The fourth-order valence-electron chi connectivity index (χ4n) is 4.19. The van der Waals surface area contributed by atoms with Crippen molar-refractivity contribution in [2.75, 3.05) is 0 Å². The third-order valence-electron chi connectivity index (χ3n) is 5.38. The maximum absolute atomic E-state index is 11.0. The van der Waals surface area contributed by atoms with Crippen molar-refractivity contribution in [1.29, 1.82) is 0 Å². The van der Waals surface area contributed by atoms with E-state index in [0.29, 0.717) is 0 Å². The molecule has 0 heterocycles. The summed E-state index contributed by atoms with van der Waals surface area (Å²) in [6, 6.07) is 0. The molecule has 0 atom stereocenters. The van der Waals surface area contributed by atoms with Crippen LogP contribution < -0.4 is 0 Å². The quantitative estimate of drug-likeness (QED) is 0.798. The van der Waals surface area contributed by atoms with Crippen molar-refractivity contribution in [3.05, 3.63) is 0 Å². The highest BCUT2D eigenvalue weighted by Crippen LogP contribution is 2.42. The van der Waals surface area contributed by atoms with Crippen LogP contribution in [0, 0.1) is 23.7 Å². The Kier molecular flexibility index (Phi) is 7.20. The Morgan fingerprint density at radius 3 is 1.84 bits per heavy atom. The van der Waals surface area contributed by atoms with Crippen LogP contribution in [0.15, 0.2) is 0 Å². The predicted molar refractivity (Wildman–Crippen MR) is 80.7 cm³/mol. The normalized spacial score (nSPS) is 35.4. The lowest BCUT2D eigenvalue weighted by molar-refractivity contribution is -0.143. The van der Waals surface area contributed by atoms with E-state index >= 15 is 0 Å². The second-order valence-electron chi connectivity index (χ2n) is 6.52. The molecule has 112 valence electrons. The Bertz CT molecular complexity index is 264. The molecule has 0 amide bonds. The first kappa shape index (κ1) is 16.8. The molecule has 0 bridgehead atoms. The molecule has 0 saturated heterocycles. The molecular formula is C16H29ClO2. The predicted octanol–water partition coefficient (Wildman–Crippen LogP) is 4.91. The van der Waals surface area contributed by atoms with Crippen LogP contribution in [0.3, 0.4) is 0 Å². The van der Waals surface area contributed by atoms with Crippen LogP contribution in [0.2, 0.25) is 0 Å². The van der Waals surface area contributed by atoms with Crippen molar-refractivity contribution < 1.29 is 9.90 Å². The van der Waals surface area contributed by atoms with Gasteiger partial charge in [0.25, 0.3) is 0 Å². The van der Waals surface area contributed by atoms with Crippen molar-refractivity contribution in [3.63, 3.8) is 0 Å². The smallest absolute Gasteiger partial charge is 0.306 e. The summed E-state index contributed by atoms with van der Waals surface area (Å²) in [5.41, 5.74) is 0. The average molecular weight is 289 g/mol. The summed E-state index contributed by atoms with van der Waals surface area (Å²) in [5.74, 6) is 2.12. The van der Waals surface area contributed by atoms with Crippen molar-refractivity contribution >= 4 is 18.4 Å². The Morgan fingerprint density at radius 2 is 1.42 bits per heavy atom. The molecule has 2 rings (SSSR count). The molecule has 1 N–H and O–H groups in total. The third-order valence-corrected chi connectivity index (χ3v) is 5.38. The maximum atomic E-state index is 11.0. The standard InChI is InChI=1S/C16H28O2.ClH/c1-2-3-12-4-6-13(7-5-12)14-8-10-15(11-9-14)16(17)18;/h12-15H,2-11H2,1H3,(H,17,18);1H. The SMILES string of the molecule is CCCC1CCC(C2CCC(C(=O)O)CC2)CC1.Cl. The fraction of sp³-hybridized carbons (Fsp3) is 0.938. The summed E-state index contributed by atoms with van der Waals surface area (Å²) in [7, 11) is 0. The summed E-state index contributed by atoms with van der Waals surface area (Å²) in [4.78, 5) is 11.0. The van der Waals surface area contributed by atoms with Gasteiger partial charge in [0, 0.05) is 0 Å². The molecule has 2 aliphatic carbocycles. The highest BCUT2D eigenvalue weighted by Gasteiger charge is 2.32. The minimum atomic E-state index is -0.569. The fourth-order valence-corrected chi connectivity index (χ4v) is 4.19. The monoisotopic (exact) mass is 288 g/mol. The Hall–Kier alpha value is -0.240. The van der Waals surface area contributed by atoms with Gasteiger partial charge in [0.1, 0.15) is 0 Å². The summed E-state index contributed by atoms with van der Waals surface area (Å²) in [6.45, 7) is 2.29. The van der Waals surface area contributed by atoms with E-state index in [-0.39, 0.29) is 18.3 Å². The number of hydrogen-bond acceptors (Lipinski definition) is 1. The molecule has 0 aromatic rings. The topological polar surface area (TPSA) is 37.3 Å². The van der Waals surface area contributed by atoms with Gasteiger partial charge in [-0.3, -0.25) is 4.79 Å². The van der Waals surface area contributed by atoms with Crippen LogP contribution in [0.1, 0.15) is 71.1 Å². The zero-order valence-corrected chi connectivity index (χ0v) is 13.0. The first-order valence-electron chi connectivity index (χ1n) is 7.93. The minimum absolute atomic E-state index is 0. The summed E-state index contributed by atoms with van der Waals surface area (Å²) in [6.07, 6.45) is 12.6. The van der Waals surface area contributed by atoms with Crippen molar-refractivity contribution in [1.82, 2.24) is 0 Å². The van der Waals surface area contributed by atoms with E-state index in [1.165, 1.54) is 51.4 Å². The molecule has 2 saturated carbocycles. The van der Waals surface area contributed by atoms with Gasteiger partial charge < -0.3 is 5.11 Å². The molecule has 2 fully saturated rings. The van der Waals surface area contributed by atoms with E-state index in [4.69, 9.17) is 5.11 Å². The van der Waals surface area contributed by atoms with Crippen molar-refractivity contribution in [2.24, 2.45) is 23.7 Å². The molecule has 0 radical (unpaired) electrons. The molecule has 0 aromatic heterocycles. The second-order valence-corrected chi connectivity index (χ2v) is 6.52. The molecule has 0 unspecified atom stereocenters. The lowest BCUT2D eigenvalue weighted by atomic mass is 9.69. The minimum Gasteiger partial charge on any atom is -0.481 e. The molecule has 0 aliphatic heterocycles. The Labute approximate surface area is 123 Å².